The van der Waals surface area contributed by atoms with Crippen LogP contribution in [0.15, 0.2) is 18.5 Å². The van der Waals surface area contributed by atoms with Gasteiger partial charge in [-0.3, -0.25) is 9.78 Å². The number of esters is 1. The van der Waals surface area contributed by atoms with Crippen molar-refractivity contribution in [1.29, 1.82) is 0 Å². The number of anilines is 1. The summed E-state index contributed by atoms with van der Waals surface area (Å²) < 4.78 is 4.67. The Bertz CT molecular complexity index is 475. The van der Waals surface area contributed by atoms with Crippen molar-refractivity contribution < 1.29 is 19.4 Å². The third kappa shape index (κ3) is 2.19. The molecule has 0 aromatic carbocycles. The highest BCUT2D eigenvalue weighted by Crippen LogP contribution is 2.27. The summed E-state index contributed by atoms with van der Waals surface area (Å²) in [5.41, 5.74) is 0.740. The van der Waals surface area contributed by atoms with E-state index in [1.165, 1.54) is 30.5 Å². The Balaban J connectivity index is 2.34. The van der Waals surface area contributed by atoms with E-state index in [2.05, 4.69) is 9.72 Å². The average Bonchev–Trinajstić information content (AvgIpc) is 2.79. The van der Waals surface area contributed by atoms with Gasteiger partial charge in [0.1, 0.15) is 0 Å². The molecule has 1 aromatic rings. The number of aromatic nitrogens is 1. The largest absolute Gasteiger partial charge is 0.465 e. The molecule has 1 atom stereocenters. The number of aliphatic hydroxyl groups excluding tert-OH is 1. The highest BCUT2D eigenvalue weighted by molar-refractivity contribution is 6.03. The van der Waals surface area contributed by atoms with E-state index in [9.17, 15) is 9.59 Å². The standard InChI is InChI=1S/C12H14N2O4/c1-18-12(17)9-2-3-13-5-10(9)14-6-8(7-15)4-11(14)16/h2-3,5,8,15H,4,6-7H2,1H3. The first kappa shape index (κ1) is 12.5. The second kappa shape index (κ2) is 5.14. The topological polar surface area (TPSA) is 79.7 Å². The Hall–Kier alpha value is -1.95. The van der Waals surface area contributed by atoms with Crippen LogP contribution in [0.3, 0.4) is 0 Å². The van der Waals surface area contributed by atoms with Crippen LogP contribution >= 0.6 is 0 Å². The minimum Gasteiger partial charge on any atom is -0.465 e. The lowest BCUT2D eigenvalue weighted by molar-refractivity contribution is -0.117. The molecular formula is C12H14N2O4. The molecule has 1 aliphatic heterocycles. The van der Waals surface area contributed by atoms with Gasteiger partial charge in [0.15, 0.2) is 0 Å². The van der Waals surface area contributed by atoms with Crippen LogP contribution in [0.1, 0.15) is 16.8 Å². The number of carbonyl (C=O) groups is 2. The highest BCUT2D eigenvalue weighted by atomic mass is 16.5. The van der Waals surface area contributed by atoms with Crippen LogP contribution < -0.4 is 4.90 Å². The first-order valence-corrected chi connectivity index (χ1v) is 5.61. The number of pyridine rings is 1. The minimum atomic E-state index is -0.507. The smallest absolute Gasteiger partial charge is 0.340 e. The summed E-state index contributed by atoms with van der Waals surface area (Å²) in [5.74, 6) is -0.719. The molecule has 1 amide bonds. The molecule has 6 nitrogen and oxygen atoms in total. The van der Waals surface area contributed by atoms with Gasteiger partial charge in [-0.1, -0.05) is 0 Å². The number of rotatable bonds is 3. The van der Waals surface area contributed by atoms with Crippen LogP contribution in [0.25, 0.3) is 0 Å². The maximum absolute atomic E-state index is 11.8. The third-order valence-corrected chi connectivity index (χ3v) is 2.96. The highest BCUT2D eigenvalue weighted by Gasteiger charge is 2.32. The second-order valence-corrected chi connectivity index (χ2v) is 4.14. The summed E-state index contributed by atoms with van der Waals surface area (Å²) >= 11 is 0. The van der Waals surface area contributed by atoms with Crippen molar-refractivity contribution in [2.24, 2.45) is 5.92 Å². The Morgan fingerprint density at radius 1 is 1.67 bits per heavy atom. The number of methoxy groups -OCH3 is 1. The van der Waals surface area contributed by atoms with E-state index < -0.39 is 5.97 Å². The molecule has 1 aromatic heterocycles. The maximum Gasteiger partial charge on any atom is 0.340 e. The number of amides is 1. The van der Waals surface area contributed by atoms with Crippen LogP contribution in [0, 0.1) is 5.92 Å². The van der Waals surface area contributed by atoms with E-state index in [1.54, 1.807) is 0 Å². The van der Waals surface area contributed by atoms with Crippen molar-refractivity contribution in [1.82, 2.24) is 4.98 Å². The van der Waals surface area contributed by atoms with Gasteiger partial charge in [-0.25, -0.2) is 4.79 Å². The zero-order valence-corrected chi connectivity index (χ0v) is 10.00. The number of ether oxygens (including phenoxy) is 1. The molecule has 1 N–H and O–H groups in total. The fourth-order valence-electron chi connectivity index (χ4n) is 2.02. The van der Waals surface area contributed by atoms with Crippen LogP contribution in [0.2, 0.25) is 0 Å². The lowest BCUT2D eigenvalue weighted by Gasteiger charge is -2.18. The predicted octanol–water partition coefficient (Wildman–Crippen LogP) is 0.213. The fourth-order valence-corrected chi connectivity index (χ4v) is 2.02. The number of hydrogen-bond donors (Lipinski definition) is 1. The number of hydrogen-bond acceptors (Lipinski definition) is 5. The SMILES string of the molecule is COC(=O)c1ccncc1N1CC(CO)CC1=O. The van der Waals surface area contributed by atoms with Crippen LogP contribution in [0.4, 0.5) is 5.69 Å². The lowest BCUT2D eigenvalue weighted by atomic mass is 10.1. The van der Waals surface area contributed by atoms with Crippen LogP contribution in [0.5, 0.6) is 0 Å². The molecule has 1 aliphatic rings. The minimum absolute atomic E-state index is 0.0456. The normalized spacial score (nSPS) is 19.1. The molecule has 1 saturated heterocycles. The predicted molar refractivity (Wildman–Crippen MR) is 63.1 cm³/mol. The number of carbonyl (C=O) groups excluding carboxylic acids is 2. The summed E-state index contributed by atoms with van der Waals surface area (Å²) in [6.07, 6.45) is 3.22. The number of nitrogens with zero attached hydrogens (tertiary/aromatic N) is 2. The van der Waals surface area contributed by atoms with Gasteiger partial charge in [0.05, 0.1) is 24.6 Å². The van der Waals surface area contributed by atoms with E-state index in [0.717, 1.165) is 0 Å². The van der Waals surface area contributed by atoms with E-state index in [4.69, 9.17) is 5.11 Å². The van der Waals surface area contributed by atoms with Gasteiger partial charge in [-0.05, 0) is 6.07 Å². The third-order valence-electron chi connectivity index (χ3n) is 2.96. The van der Waals surface area contributed by atoms with Crippen molar-refractivity contribution in [3.05, 3.63) is 24.0 Å². The van der Waals surface area contributed by atoms with Gasteiger partial charge in [0.2, 0.25) is 5.91 Å². The molecule has 6 heteroatoms. The maximum atomic E-state index is 11.8. The van der Waals surface area contributed by atoms with Gasteiger partial charge in [-0.2, -0.15) is 0 Å². The van der Waals surface area contributed by atoms with Crippen molar-refractivity contribution in [2.75, 3.05) is 25.2 Å². The zero-order chi connectivity index (χ0) is 13.1. The molecule has 2 heterocycles. The van der Waals surface area contributed by atoms with Crippen molar-refractivity contribution in [3.8, 4) is 0 Å². The molecule has 0 aliphatic carbocycles. The molecule has 0 bridgehead atoms. The quantitative estimate of drug-likeness (QED) is 0.776. The summed E-state index contributed by atoms with van der Waals surface area (Å²) in [5, 5.41) is 9.09. The van der Waals surface area contributed by atoms with Crippen LogP contribution in [-0.4, -0.2) is 42.2 Å². The van der Waals surface area contributed by atoms with Crippen molar-refractivity contribution >= 4 is 17.6 Å². The van der Waals surface area contributed by atoms with Gasteiger partial charge in [0, 0.05) is 31.7 Å². The van der Waals surface area contributed by atoms with Crippen molar-refractivity contribution in [2.45, 2.75) is 6.42 Å². The molecule has 0 saturated carbocycles. The number of aliphatic hydroxyl groups is 1. The van der Waals surface area contributed by atoms with E-state index in [-0.39, 0.29) is 24.9 Å². The molecule has 2 rings (SSSR count). The molecule has 0 radical (unpaired) electrons. The summed E-state index contributed by atoms with van der Waals surface area (Å²) in [6.45, 7) is 0.348. The first-order valence-electron chi connectivity index (χ1n) is 5.61. The Morgan fingerprint density at radius 2 is 2.44 bits per heavy atom. The van der Waals surface area contributed by atoms with E-state index in [1.807, 2.05) is 0 Å². The zero-order valence-electron chi connectivity index (χ0n) is 10.00. The Labute approximate surface area is 104 Å². The van der Waals surface area contributed by atoms with Gasteiger partial charge >= 0.3 is 5.97 Å². The summed E-state index contributed by atoms with van der Waals surface area (Å²) in [4.78, 5) is 28.9. The van der Waals surface area contributed by atoms with Gasteiger partial charge in [0.25, 0.3) is 0 Å². The molecular weight excluding hydrogens is 236 g/mol. The first-order chi connectivity index (χ1) is 8.67. The molecule has 18 heavy (non-hydrogen) atoms. The lowest BCUT2D eigenvalue weighted by Crippen LogP contribution is -2.27. The monoisotopic (exact) mass is 250 g/mol. The summed E-state index contributed by atoms with van der Waals surface area (Å²) in [7, 11) is 1.29. The average molecular weight is 250 g/mol. The molecule has 1 unspecified atom stereocenters. The van der Waals surface area contributed by atoms with E-state index >= 15 is 0 Å². The second-order valence-electron chi connectivity index (χ2n) is 4.14. The fraction of sp³-hybridized carbons (Fsp3) is 0.417. The van der Waals surface area contributed by atoms with Crippen LogP contribution in [-0.2, 0) is 9.53 Å². The summed E-state index contributed by atoms with van der Waals surface area (Å²) in [6, 6.07) is 1.51. The van der Waals surface area contributed by atoms with E-state index in [0.29, 0.717) is 17.8 Å². The van der Waals surface area contributed by atoms with Crippen molar-refractivity contribution in [3.63, 3.8) is 0 Å². The Morgan fingerprint density at radius 3 is 3.06 bits per heavy atom. The molecule has 0 spiro atoms. The Kier molecular flexibility index (Phi) is 3.57. The molecule has 1 fully saturated rings. The van der Waals surface area contributed by atoms with Gasteiger partial charge < -0.3 is 14.7 Å². The molecule has 96 valence electrons. The van der Waals surface area contributed by atoms with Gasteiger partial charge in [-0.15, -0.1) is 0 Å².